The molecule has 3 nitrogen and oxygen atoms in total. The van der Waals surface area contributed by atoms with E-state index in [-0.39, 0.29) is 5.54 Å². The molecule has 20 heavy (non-hydrogen) atoms. The number of sulfone groups is 1. The normalized spacial score (nSPS) is 24.2. The Kier molecular flexibility index (Phi) is 6.52. The first-order chi connectivity index (χ1) is 9.17. The van der Waals surface area contributed by atoms with Crippen LogP contribution < -0.4 is 5.32 Å². The van der Waals surface area contributed by atoms with Gasteiger partial charge < -0.3 is 5.32 Å². The SMILES string of the molecule is CCC(CC)CC(CNC(C)(C)C)C1CCS(=O)(=O)C1. The fraction of sp³-hybridized carbons (Fsp3) is 1.00. The molecule has 1 heterocycles. The van der Waals surface area contributed by atoms with Gasteiger partial charge >= 0.3 is 0 Å². The molecule has 1 saturated heterocycles. The van der Waals surface area contributed by atoms with Crippen molar-refractivity contribution in [2.75, 3.05) is 18.1 Å². The molecule has 4 heteroatoms. The van der Waals surface area contributed by atoms with Crippen LogP contribution >= 0.6 is 0 Å². The van der Waals surface area contributed by atoms with Crippen LogP contribution in [0.2, 0.25) is 0 Å². The van der Waals surface area contributed by atoms with Gasteiger partial charge in [-0.25, -0.2) is 8.42 Å². The van der Waals surface area contributed by atoms with Crippen LogP contribution in [0.1, 0.15) is 60.3 Å². The molecule has 1 aliphatic rings. The summed E-state index contributed by atoms with van der Waals surface area (Å²) in [6.07, 6.45) is 4.42. The molecule has 0 spiro atoms. The molecule has 0 aromatic rings. The third-order valence-electron chi connectivity index (χ3n) is 4.62. The van der Waals surface area contributed by atoms with Gasteiger partial charge in [-0.15, -0.1) is 0 Å². The zero-order valence-electron chi connectivity index (χ0n) is 13.9. The van der Waals surface area contributed by atoms with Crippen LogP contribution in [0, 0.1) is 17.8 Å². The van der Waals surface area contributed by atoms with Crippen molar-refractivity contribution in [2.24, 2.45) is 17.8 Å². The average molecular weight is 304 g/mol. The lowest BCUT2D eigenvalue weighted by Crippen LogP contribution is -2.41. The van der Waals surface area contributed by atoms with Gasteiger partial charge in [0.25, 0.3) is 0 Å². The monoisotopic (exact) mass is 303 g/mol. The smallest absolute Gasteiger partial charge is 0.150 e. The highest BCUT2D eigenvalue weighted by molar-refractivity contribution is 7.91. The molecule has 1 aliphatic heterocycles. The first-order valence-electron chi connectivity index (χ1n) is 8.12. The van der Waals surface area contributed by atoms with Gasteiger partial charge in [-0.3, -0.25) is 0 Å². The van der Waals surface area contributed by atoms with Crippen molar-refractivity contribution in [1.29, 1.82) is 0 Å². The zero-order valence-corrected chi connectivity index (χ0v) is 14.7. The summed E-state index contributed by atoms with van der Waals surface area (Å²) in [5, 5.41) is 3.58. The van der Waals surface area contributed by atoms with E-state index in [4.69, 9.17) is 0 Å². The van der Waals surface area contributed by atoms with E-state index in [9.17, 15) is 8.42 Å². The van der Waals surface area contributed by atoms with E-state index in [0.29, 0.717) is 23.3 Å². The number of hydrogen-bond acceptors (Lipinski definition) is 3. The van der Waals surface area contributed by atoms with Gasteiger partial charge in [-0.2, -0.15) is 0 Å². The number of nitrogens with one attached hydrogen (secondary N) is 1. The molecular weight excluding hydrogens is 270 g/mol. The summed E-state index contributed by atoms with van der Waals surface area (Å²) >= 11 is 0. The summed E-state index contributed by atoms with van der Waals surface area (Å²) in [5.74, 6) is 2.38. The van der Waals surface area contributed by atoms with Crippen LogP contribution in [-0.4, -0.2) is 32.0 Å². The van der Waals surface area contributed by atoms with E-state index < -0.39 is 9.84 Å². The van der Waals surface area contributed by atoms with Crippen molar-refractivity contribution in [3.8, 4) is 0 Å². The minimum absolute atomic E-state index is 0.101. The molecule has 0 bridgehead atoms. The topological polar surface area (TPSA) is 46.2 Å². The third kappa shape index (κ3) is 6.13. The van der Waals surface area contributed by atoms with E-state index in [2.05, 4.69) is 39.9 Å². The molecule has 0 radical (unpaired) electrons. The predicted octanol–water partition coefficient (Wildman–Crippen LogP) is 3.25. The van der Waals surface area contributed by atoms with Crippen molar-refractivity contribution in [1.82, 2.24) is 5.32 Å². The Bertz CT molecular complexity index is 380. The van der Waals surface area contributed by atoms with Gasteiger partial charge in [0, 0.05) is 5.54 Å². The summed E-state index contributed by atoms with van der Waals surface area (Å²) in [7, 11) is -2.77. The van der Waals surface area contributed by atoms with Crippen LogP contribution in [0.4, 0.5) is 0 Å². The van der Waals surface area contributed by atoms with Gasteiger partial charge in [-0.05, 0) is 57.9 Å². The number of hydrogen-bond donors (Lipinski definition) is 1. The minimum Gasteiger partial charge on any atom is -0.312 e. The molecule has 2 unspecified atom stereocenters. The second-order valence-corrected chi connectivity index (χ2v) is 9.70. The maximum absolute atomic E-state index is 11.8. The Morgan fingerprint density at radius 1 is 1.20 bits per heavy atom. The van der Waals surface area contributed by atoms with Crippen LogP contribution in [-0.2, 0) is 9.84 Å². The Balaban J connectivity index is 2.68. The highest BCUT2D eigenvalue weighted by Crippen LogP contribution is 2.32. The molecule has 0 aromatic carbocycles. The van der Waals surface area contributed by atoms with Gasteiger partial charge in [-0.1, -0.05) is 26.7 Å². The Morgan fingerprint density at radius 2 is 1.80 bits per heavy atom. The molecular formula is C16H33NO2S. The highest BCUT2D eigenvalue weighted by Gasteiger charge is 2.34. The quantitative estimate of drug-likeness (QED) is 0.785. The van der Waals surface area contributed by atoms with Crippen molar-refractivity contribution >= 4 is 9.84 Å². The molecule has 2 atom stereocenters. The fourth-order valence-corrected chi connectivity index (χ4v) is 5.05. The van der Waals surface area contributed by atoms with Gasteiger partial charge in [0.05, 0.1) is 11.5 Å². The fourth-order valence-electron chi connectivity index (χ4n) is 3.13. The van der Waals surface area contributed by atoms with Crippen LogP contribution in [0.3, 0.4) is 0 Å². The summed E-state index contributed by atoms with van der Waals surface area (Å²) in [6.45, 7) is 12.0. The summed E-state index contributed by atoms with van der Waals surface area (Å²) in [5.41, 5.74) is 0.101. The maximum atomic E-state index is 11.8. The molecule has 0 saturated carbocycles. The van der Waals surface area contributed by atoms with E-state index in [1.807, 2.05) is 0 Å². The van der Waals surface area contributed by atoms with Crippen molar-refractivity contribution in [3.63, 3.8) is 0 Å². The summed E-state index contributed by atoms with van der Waals surface area (Å²) in [4.78, 5) is 0. The maximum Gasteiger partial charge on any atom is 0.150 e. The Labute approximate surface area is 125 Å². The third-order valence-corrected chi connectivity index (χ3v) is 6.41. The zero-order chi connectivity index (χ0) is 15.4. The molecule has 1 rings (SSSR count). The molecule has 0 aliphatic carbocycles. The predicted molar refractivity (Wildman–Crippen MR) is 86.7 cm³/mol. The first-order valence-corrected chi connectivity index (χ1v) is 9.94. The van der Waals surface area contributed by atoms with Crippen LogP contribution in [0.5, 0.6) is 0 Å². The summed E-state index contributed by atoms with van der Waals surface area (Å²) in [6, 6.07) is 0. The molecule has 1 fully saturated rings. The molecule has 1 N–H and O–H groups in total. The second kappa shape index (κ2) is 7.26. The largest absolute Gasteiger partial charge is 0.312 e. The van der Waals surface area contributed by atoms with Gasteiger partial charge in [0.2, 0.25) is 0 Å². The van der Waals surface area contributed by atoms with Crippen molar-refractivity contribution in [2.45, 2.75) is 65.8 Å². The second-order valence-electron chi connectivity index (χ2n) is 7.47. The minimum atomic E-state index is -2.77. The summed E-state index contributed by atoms with van der Waals surface area (Å²) < 4.78 is 23.5. The van der Waals surface area contributed by atoms with E-state index in [1.54, 1.807) is 0 Å². The van der Waals surface area contributed by atoms with Gasteiger partial charge in [0.1, 0.15) is 0 Å². The number of rotatable bonds is 7. The van der Waals surface area contributed by atoms with Gasteiger partial charge in [0.15, 0.2) is 9.84 Å². The van der Waals surface area contributed by atoms with Crippen LogP contribution in [0.25, 0.3) is 0 Å². The lowest BCUT2D eigenvalue weighted by molar-refractivity contribution is 0.246. The van der Waals surface area contributed by atoms with E-state index >= 15 is 0 Å². The molecule has 120 valence electrons. The molecule has 0 aromatic heterocycles. The van der Waals surface area contributed by atoms with Crippen molar-refractivity contribution < 1.29 is 8.42 Å². The average Bonchev–Trinajstić information content (AvgIpc) is 2.69. The van der Waals surface area contributed by atoms with Crippen molar-refractivity contribution in [3.05, 3.63) is 0 Å². The lowest BCUT2D eigenvalue weighted by Gasteiger charge is -2.30. The molecule has 0 amide bonds. The van der Waals surface area contributed by atoms with Crippen LogP contribution in [0.15, 0.2) is 0 Å². The Hall–Kier alpha value is -0.0900. The lowest BCUT2D eigenvalue weighted by atomic mass is 9.81. The standard InChI is InChI=1S/C16H33NO2S/c1-6-13(7-2)10-15(11-17-16(3,4)5)14-8-9-20(18,19)12-14/h13-15,17H,6-12H2,1-5H3. The first kappa shape index (κ1) is 18.0. The Morgan fingerprint density at radius 3 is 2.20 bits per heavy atom. The van der Waals surface area contributed by atoms with E-state index in [0.717, 1.165) is 25.3 Å². The highest BCUT2D eigenvalue weighted by atomic mass is 32.2. The van der Waals surface area contributed by atoms with E-state index in [1.165, 1.54) is 12.8 Å².